The van der Waals surface area contributed by atoms with E-state index >= 15 is 0 Å². The number of aromatic amines is 1. The van der Waals surface area contributed by atoms with Gasteiger partial charge >= 0.3 is 0 Å². The minimum absolute atomic E-state index is 0.126. The Bertz CT molecular complexity index is 1070. The summed E-state index contributed by atoms with van der Waals surface area (Å²) in [5, 5.41) is 0.453. The molecule has 1 aliphatic rings. The van der Waals surface area contributed by atoms with Crippen LogP contribution in [0.15, 0.2) is 53.6 Å². The van der Waals surface area contributed by atoms with E-state index in [0.29, 0.717) is 40.8 Å². The zero-order valence-electron chi connectivity index (χ0n) is 14.9. The second-order valence-electron chi connectivity index (χ2n) is 6.36. The summed E-state index contributed by atoms with van der Waals surface area (Å²) in [4.78, 5) is 38.0. The van der Waals surface area contributed by atoms with Crippen LogP contribution in [0.3, 0.4) is 0 Å². The molecule has 0 radical (unpaired) electrons. The SMILES string of the molecule is O=C(COc1ccccc1Cl)N1CCc2c(nc(-c3ccncc3)[nH]c2=O)C1. The molecule has 28 heavy (non-hydrogen) atoms. The molecule has 1 amide bonds. The van der Waals surface area contributed by atoms with Gasteiger partial charge in [-0.2, -0.15) is 0 Å². The molecule has 0 aliphatic carbocycles. The van der Waals surface area contributed by atoms with E-state index in [1.54, 1.807) is 53.7 Å². The van der Waals surface area contributed by atoms with Crippen molar-refractivity contribution in [2.24, 2.45) is 0 Å². The fraction of sp³-hybridized carbons (Fsp3) is 0.200. The monoisotopic (exact) mass is 396 g/mol. The highest BCUT2D eigenvalue weighted by molar-refractivity contribution is 6.32. The summed E-state index contributed by atoms with van der Waals surface area (Å²) in [6.45, 7) is 0.582. The predicted octanol–water partition coefficient (Wildman–Crippen LogP) is 2.45. The smallest absolute Gasteiger partial charge is 0.260 e. The van der Waals surface area contributed by atoms with Crippen LogP contribution in [0.4, 0.5) is 0 Å². The Balaban J connectivity index is 1.51. The Kier molecular flexibility index (Phi) is 5.08. The number of hydrogen-bond acceptors (Lipinski definition) is 5. The van der Waals surface area contributed by atoms with Crippen LogP contribution < -0.4 is 10.3 Å². The summed E-state index contributed by atoms with van der Waals surface area (Å²) < 4.78 is 5.54. The van der Waals surface area contributed by atoms with Gasteiger partial charge in [0.2, 0.25) is 0 Å². The van der Waals surface area contributed by atoms with E-state index in [2.05, 4.69) is 15.0 Å². The number of para-hydroxylation sites is 1. The van der Waals surface area contributed by atoms with Crippen LogP contribution in [0.1, 0.15) is 11.3 Å². The van der Waals surface area contributed by atoms with Crippen molar-refractivity contribution in [2.45, 2.75) is 13.0 Å². The number of rotatable bonds is 4. The van der Waals surface area contributed by atoms with Crippen molar-refractivity contribution in [2.75, 3.05) is 13.2 Å². The molecule has 8 heteroatoms. The Morgan fingerprint density at radius 3 is 2.79 bits per heavy atom. The molecular formula is C20H17ClN4O3. The van der Waals surface area contributed by atoms with Crippen molar-refractivity contribution in [3.05, 3.63) is 75.4 Å². The average molecular weight is 397 g/mol. The molecule has 0 saturated heterocycles. The van der Waals surface area contributed by atoms with Crippen LogP contribution in [0.25, 0.3) is 11.4 Å². The number of halogens is 1. The van der Waals surface area contributed by atoms with Crippen LogP contribution in [-0.2, 0) is 17.8 Å². The fourth-order valence-electron chi connectivity index (χ4n) is 3.09. The fourth-order valence-corrected chi connectivity index (χ4v) is 3.28. The zero-order valence-corrected chi connectivity index (χ0v) is 15.6. The Labute approximate surface area is 166 Å². The molecule has 0 saturated carbocycles. The highest BCUT2D eigenvalue weighted by atomic mass is 35.5. The number of hydrogen-bond donors (Lipinski definition) is 1. The summed E-state index contributed by atoms with van der Waals surface area (Å²) in [6, 6.07) is 10.5. The first-order chi connectivity index (χ1) is 13.6. The van der Waals surface area contributed by atoms with Crippen LogP contribution in [0.2, 0.25) is 5.02 Å². The molecule has 4 rings (SSSR count). The van der Waals surface area contributed by atoms with Crippen LogP contribution in [0.5, 0.6) is 5.75 Å². The number of ether oxygens (including phenoxy) is 1. The first kappa shape index (κ1) is 18.2. The lowest BCUT2D eigenvalue weighted by atomic mass is 10.1. The molecule has 3 aromatic rings. The number of carbonyl (C=O) groups excluding carboxylic acids is 1. The first-order valence-electron chi connectivity index (χ1n) is 8.79. The van der Waals surface area contributed by atoms with Gasteiger partial charge in [0.15, 0.2) is 6.61 Å². The lowest BCUT2D eigenvalue weighted by Gasteiger charge is -2.28. The molecule has 1 aromatic carbocycles. The number of pyridine rings is 1. The van der Waals surface area contributed by atoms with Crippen molar-refractivity contribution in [1.29, 1.82) is 0 Å². The number of nitrogens with one attached hydrogen (secondary N) is 1. The summed E-state index contributed by atoms with van der Waals surface area (Å²) >= 11 is 6.05. The van der Waals surface area contributed by atoms with Crippen molar-refractivity contribution in [1.82, 2.24) is 19.9 Å². The maximum atomic E-state index is 12.6. The van der Waals surface area contributed by atoms with Gasteiger partial charge in [-0.25, -0.2) is 4.98 Å². The van der Waals surface area contributed by atoms with Crippen molar-refractivity contribution < 1.29 is 9.53 Å². The van der Waals surface area contributed by atoms with E-state index in [1.807, 2.05) is 0 Å². The second kappa shape index (κ2) is 7.82. The summed E-state index contributed by atoms with van der Waals surface area (Å²) in [7, 11) is 0. The average Bonchev–Trinajstić information content (AvgIpc) is 2.73. The van der Waals surface area contributed by atoms with E-state index in [9.17, 15) is 9.59 Å². The van der Waals surface area contributed by atoms with Crippen LogP contribution in [-0.4, -0.2) is 38.9 Å². The van der Waals surface area contributed by atoms with Crippen molar-refractivity contribution >= 4 is 17.5 Å². The van der Waals surface area contributed by atoms with Gasteiger partial charge < -0.3 is 14.6 Å². The van der Waals surface area contributed by atoms with Crippen molar-refractivity contribution in [3.8, 4) is 17.1 Å². The minimum atomic E-state index is -0.182. The van der Waals surface area contributed by atoms with E-state index in [1.165, 1.54) is 0 Å². The molecule has 7 nitrogen and oxygen atoms in total. The minimum Gasteiger partial charge on any atom is -0.482 e. The maximum Gasteiger partial charge on any atom is 0.260 e. The van der Waals surface area contributed by atoms with Gasteiger partial charge in [0, 0.05) is 30.1 Å². The molecule has 1 aliphatic heterocycles. The highest BCUT2D eigenvalue weighted by Crippen LogP contribution is 2.23. The number of aromatic nitrogens is 3. The summed E-state index contributed by atoms with van der Waals surface area (Å²) in [5.41, 5.74) is 1.82. The molecular weight excluding hydrogens is 380 g/mol. The van der Waals surface area contributed by atoms with Crippen molar-refractivity contribution in [3.63, 3.8) is 0 Å². The van der Waals surface area contributed by atoms with E-state index in [4.69, 9.17) is 16.3 Å². The molecule has 0 unspecified atom stereocenters. The Morgan fingerprint density at radius 1 is 1.21 bits per heavy atom. The van der Waals surface area contributed by atoms with Gasteiger partial charge in [0.25, 0.3) is 11.5 Å². The normalized spacial score (nSPS) is 13.1. The lowest BCUT2D eigenvalue weighted by Crippen LogP contribution is -2.41. The number of H-pyrrole nitrogens is 1. The summed E-state index contributed by atoms with van der Waals surface area (Å²) in [5.74, 6) is 0.746. The quantitative estimate of drug-likeness (QED) is 0.731. The molecule has 142 valence electrons. The maximum absolute atomic E-state index is 12.6. The van der Waals surface area contributed by atoms with Gasteiger partial charge in [0.05, 0.1) is 17.3 Å². The zero-order chi connectivity index (χ0) is 19.5. The number of carbonyl (C=O) groups is 1. The largest absolute Gasteiger partial charge is 0.482 e. The molecule has 2 aromatic heterocycles. The van der Waals surface area contributed by atoms with Gasteiger partial charge in [-0.15, -0.1) is 0 Å². The van der Waals surface area contributed by atoms with Crippen LogP contribution in [0, 0.1) is 0 Å². The Hall–Kier alpha value is -3.19. The molecule has 0 atom stereocenters. The highest BCUT2D eigenvalue weighted by Gasteiger charge is 2.25. The lowest BCUT2D eigenvalue weighted by molar-refractivity contribution is -0.134. The van der Waals surface area contributed by atoms with Gasteiger partial charge in [-0.3, -0.25) is 14.6 Å². The number of fused-ring (bicyclic) bond motifs is 1. The van der Waals surface area contributed by atoms with Crippen LogP contribution >= 0.6 is 11.6 Å². The topological polar surface area (TPSA) is 88.2 Å². The predicted molar refractivity (Wildman–Crippen MR) is 104 cm³/mol. The van der Waals surface area contributed by atoms with Gasteiger partial charge in [0.1, 0.15) is 11.6 Å². The number of benzene rings is 1. The standard InChI is InChI=1S/C20H17ClN4O3/c21-15-3-1-2-4-17(15)28-12-18(26)25-10-7-14-16(11-25)23-19(24-20(14)27)13-5-8-22-9-6-13/h1-6,8-9H,7,10-12H2,(H,23,24,27). The third-order valence-electron chi connectivity index (χ3n) is 4.57. The molecule has 0 bridgehead atoms. The van der Waals surface area contributed by atoms with Gasteiger partial charge in [-0.1, -0.05) is 23.7 Å². The molecule has 3 heterocycles. The molecule has 1 N–H and O–H groups in total. The second-order valence-corrected chi connectivity index (χ2v) is 6.77. The van der Waals surface area contributed by atoms with E-state index in [0.717, 1.165) is 5.56 Å². The van der Waals surface area contributed by atoms with E-state index < -0.39 is 0 Å². The van der Waals surface area contributed by atoms with E-state index in [-0.39, 0.29) is 24.6 Å². The molecule has 0 spiro atoms. The first-order valence-corrected chi connectivity index (χ1v) is 9.17. The Morgan fingerprint density at radius 2 is 2.00 bits per heavy atom. The third-order valence-corrected chi connectivity index (χ3v) is 4.88. The van der Waals surface area contributed by atoms with Gasteiger partial charge in [-0.05, 0) is 30.7 Å². The number of nitrogens with zero attached hydrogens (tertiary/aromatic N) is 3. The number of amides is 1. The third kappa shape index (κ3) is 3.75. The molecule has 0 fully saturated rings. The summed E-state index contributed by atoms with van der Waals surface area (Å²) in [6.07, 6.45) is 3.72.